The van der Waals surface area contributed by atoms with Crippen LogP contribution in [0.5, 0.6) is 11.5 Å². The lowest BCUT2D eigenvalue weighted by molar-refractivity contribution is 0.0705. The predicted octanol–water partition coefficient (Wildman–Crippen LogP) is 2.49. The van der Waals surface area contributed by atoms with Crippen LogP contribution in [0.1, 0.15) is 19.4 Å². The van der Waals surface area contributed by atoms with E-state index in [-0.39, 0.29) is 6.61 Å². The van der Waals surface area contributed by atoms with Crippen LogP contribution in [0.4, 0.5) is 5.69 Å². The summed E-state index contributed by atoms with van der Waals surface area (Å²) in [6.07, 6.45) is 3.16. The number of pyridine rings is 1. The van der Waals surface area contributed by atoms with Gasteiger partial charge in [-0.15, -0.1) is 0 Å². The molecular formula is C24H36N4O3. The minimum absolute atomic E-state index is 0.251. The van der Waals surface area contributed by atoms with Gasteiger partial charge < -0.3 is 24.4 Å². The van der Waals surface area contributed by atoms with Crippen LogP contribution in [0.2, 0.25) is 0 Å². The summed E-state index contributed by atoms with van der Waals surface area (Å²) in [5, 5.41) is 10.3. The van der Waals surface area contributed by atoms with Crippen molar-refractivity contribution in [2.75, 3.05) is 64.4 Å². The van der Waals surface area contributed by atoms with Gasteiger partial charge in [-0.1, -0.05) is 19.9 Å². The van der Waals surface area contributed by atoms with E-state index in [9.17, 15) is 5.11 Å². The Bertz CT molecular complexity index is 778. The Labute approximate surface area is 186 Å². The van der Waals surface area contributed by atoms with Crippen LogP contribution in [0.25, 0.3) is 0 Å². The molecule has 2 aromatic rings. The summed E-state index contributed by atoms with van der Waals surface area (Å²) in [7, 11) is 1.65. The number of ether oxygens (including phenoxy) is 2. The van der Waals surface area contributed by atoms with Gasteiger partial charge in [0, 0.05) is 57.3 Å². The van der Waals surface area contributed by atoms with Crippen molar-refractivity contribution >= 4 is 5.69 Å². The van der Waals surface area contributed by atoms with E-state index in [1.807, 2.05) is 24.5 Å². The molecule has 7 heteroatoms. The third kappa shape index (κ3) is 6.82. The number of benzene rings is 1. The van der Waals surface area contributed by atoms with Gasteiger partial charge in [-0.3, -0.25) is 9.88 Å². The third-order valence-electron chi connectivity index (χ3n) is 5.83. The number of piperazine rings is 1. The van der Waals surface area contributed by atoms with Gasteiger partial charge in [-0.25, -0.2) is 0 Å². The van der Waals surface area contributed by atoms with E-state index in [2.05, 4.69) is 51.7 Å². The van der Waals surface area contributed by atoms with Crippen molar-refractivity contribution in [1.82, 2.24) is 14.8 Å². The number of likely N-dealkylation sites (N-methyl/N-ethyl adjacent to an activating group) is 1. The monoisotopic (exact) mass is 428 g/mol. The van der Waals surface area contributed by atoms with Gasteiger partial charge in [-0.2, -0.15) is 0 Å². The summed E-state index contributed by atoms with van der Waals surface area (Å²) in [6, 6.07) is 10.2. The molecule has 7 nitrogen and oxygen atoms in total. The van der Waals surface area contributed by atoms with Crippen LogP contribution in [0, 0.1) is 0 Å². The second-order valence-corrected chi connectivity index (χ2v) is 7.90. The van der Waals surface area contributed by atoms with E-state index >= 15 is 0 Å². The maximum absolute atomic E-state index is 10.3. The molecule has 1 atom stereocenters. The molecule has 3 rings (SSSR count). The molecule has 1 saturated heterocycles. The van der Waals surface area contributed by atoms with Gasteiger partial charge >= 0.3 is 0 Å². The maximum atomic E-state index is 10.3. The molecule has 1 fully saturated rings. The quantitative estimate of drug-likeness (QED) is 0.590. The molecule has 1 aromatic carbocycles. The first-order valence-electron chi connectivity index (χ1n) is 11.2. The summed E-state index contributed by atoms with van der Waals surface area (Å²) in [6.45, 7) is 11.8. The Morgan fingerprint density at radius 3 is 2.39 bits per heavy atom. The Kier molecular flexibility index (Phi) is 8.94. The number of aliphatic hydroxyl groups is 1. The van der Waals surface area contributed by atoms with Crippen molar-refractivity contribution in [3.05, 3.63) is 48.3 Å². The zero-order chi connectivity index (χ0) is 22.1. The summed E-state index contributed by atoms with van der Waals surface area (Å²) < 4.78 is 11.4. The standard InChI is InChI=1S/C24H36N4O3/c1-4-26(5-2)18-22(29)19-31-24-16-20(6-7-23(24)30-3)17-27-12-14-28(15-13-27)21-8-10-25-11-9-21/h6-11,16,22,29H,4-5,12-15,17-19H2,1-3H3/t22-/m1/s1. The molecule has 1 aromatic heterocycles. The number of methoxy groups -OCH3 is 1. The fourth-order valence-corrected chi connectivity index (χ4v) is 3.93. The number of anilines is 1. The lowest BCUT2D eigenvalue weighted by atomic mass is 10.1. The summed E-state index contributed by atoms with van der Waals surface area (Å²) >= 11 is 0. The van der Waals surface area contributed by atoms with Gasteiger partial charge in [0.2, 0.25) is 0 Å². The Morgan fingerprint density at radius 2 is 1.74 bits per heavy atom. The summed E-state index contributed by atoms with van der Waals surface area (Å²) in [4.78, 5) is 11.2. The van der Waals surface area contributed by atoms with Gasteiger partial charge in [-0.05, 0) is 42.9 Å². The van der Waals surface area contributed by atoms with E-state index in [4.69, 9.17) is 9.47 Å². The molecule has 1 aliphatic rings. The highest BCUT2D eigenvalue weighted by molar-refractivity contribution is 5.45. The molecule has 170 valence electrons. The van der Waals surface area contributed by atoms with Crippen LogP contribution in [0.3, 0.4) is 0 Å². The molecule has 0 bridgehead atoms. The van der Waals surface area contributed by atoms with Crippen molar-refractivity contribution in [2.24, 2.45) is 0 Å². The van der Waals surface area contributed by atoms with Crippen molar-refractivity contribution in [2.45, 2.75) is 26.5 Å². The Balaban J connectivity index is 1.54. The number of aromatic nitrogens is 1. The van der Waals surface area contributed by atoms with Gasteiger partial charge in [0.25, 0.3) is 0 Å². The van der Waals surface area contributed by atoms with Crippen molar-refractivity contribution in [3.63, 3.8) is 0 Å². The highest BCUT2D eigenvalue weighted by Gasteiger charge is 2.18. The minimum Gasteiger partial charge on any atom is -0.493 e. The molecule has 0 aliphatic carbocycles. The average molecular weight is 429 g/mol. The van der Waals surface area contributed by atoms with E-state index in [0.29, 0.717) is 18.0 Å². The van der Waals surface area contributed by atoms with Crippen LogP contribution in [0.15, 0.2) is 42.7 Å². The fraction of sp³-hybridized carbons (Fsp3) is 0.542. The third-order valence-corrected chi connectivity index (χ3v) is 5.83. The zero-order valence-electron chi connectivity index (χ0n) is 19.0. The highest BCUT2D eigenvalue weighted by Crippen LogP contribution is 2.29. The van der Waals surface area contributed by atoms with Crippen LogP contribution >= 0.6 is 0 Å². The van der Waals surface area contributed by atoms with Crippen LogP contribution < -0.4 is 14.4 Å². The topological polar surface area (TPSA) is 61.3 Å². The number of aliphatic hydroxyl groups excluding tert-OH is 1. The van der Waals surface area contributed by atoms with Crippen molar-refractivity contribution < 1.29 is 14.6 Å². The lowest BCUT2D eigenvalue weighted by Crippen LogP contribution is -2.45. The second kappa shape index (κ2) is 11.9. The van der Waals surface area contributed by atoms with E-state index in [1.165, 1.54) is 11.3 Å². The molecule has 31 heavy (non-hydrogen) atoms. The molecule has 0 spiro atoms. The first-order chi connectivity index (χ1) is 15.1. The van der Waals surface area contributed by atoms with Crippen LogP contribution in [-0.4, -0.2) is 85.5 Å². The maximum Gasteiger partial charge on any atom is 0.161 e. The smallest absolute Gasteiger partial charge is 0.161 e. The van der Waals surface area contributed by atoms with Gasteiger partial charge in [0.1, 0.15) is 12.7 Å². The molecule has 0 unspecified atom stereocenters. The Morgan fingerprint density at radius 1 is 1.03 bits per heavy atom. The lowest BCUT2D eigenvalue weighted by Gasteiger charge is -2.36. The van der Waals surface area contributed by atoms with Crippen molar-refractivity contribution in [3.8, 4) is 11.5 Å². The molecule has 0 amide bonds. The largest absolute Gasteiger partial charge is 0.493 e. The predicted molar refractivity (Wildman–Crippen MR) is 124 cm³/mol. The summed E-state index contributed by atoms with van der Waals surface area (Å²) in [5.41, 5.74) is 2.42. The van der Waals surface area contributed by atoms with E-state index < -0.39 is 6.10 Å². The number of hydrogen-bond donors (Lipinski definition) is 1. The number of nitrogens with zero attached hydrogens (tertiary/aromatic N) is 4. The SMILES string of the molecule is CCN(CC)C[C@@H](O)COc1cc(CN2CCN(c3ccncc3)CC2)ccc1OC. The number of hydrogen-bond acceptors (Lipinski definition) is 7. The molecule has 2 heterocycles. The number of rotatable bonds is 11. The Hall–Kier alpha value is -2.35. The molecule has 0 radical (unpaired) electrons. The van der Waals surface area contributed by atoms with Gasteiger partial charge in [0.15, 0.2) is 11.5 Å². The molecular weight excluding hydrogens is 392 g/mol. The zero-order valence-corrected chi connectivity index (χ0v) is 19.0. The van der Waals surface area contributed by atoms with E-state index in [1.54, 1.807) is 7.11 Å². The highest BCUT2D eigenvalue weighted by atomic mass is 16.5. The van der Waals surface area contributed by atoms with E-state index in [0.717, 1.165) is 45.8 Å². The molecule has 1 aliphatic heterocycles. The normalized spacial score (nSPS) is 15.8. The second-order valence-electron chi connectivity index (χ2n) is 7.90. The first kappa shape index (κ1) is 23.3. The fourth-order valence-electron chi connectivity index (χ4n) is 3.93. The molecule has 0 saturated carbocycles. The molecule has 1 N–H and O–H groups in total. The first-order valence-corrected chi connectivity index (χ1v) is 11.2. The van der Waals surface area contributed by atoms with Gasteiger partial charge in [0.05, 0.1) is 7.11 Å². The summed E-state index contributed by atoms with van der Waals surface area (Å²) in [5.74, 6) is 1.38. The average Bonchev–Trinajstić information content (AvgIpc) is 2.82. The van der Waals surface area contributed by atoms with Crippen LogP contribution in [-0.2, 0) is 6.54 Å². The van der Waals surface area contributed by atoms with Crippen molar-refractivity contribution in [1.29, 1.82) is 0 Å². The minimum atomic E-state index is -0.533.